The van der Waals surface area contributed by atoms with Crippen molar-refractivity contribution in [3.8, 4) is 0 Å². The number of rotatable bonds is 3. The number of nitrogens with two attached hydrogens (primary N) is 1. The van der Waals surface area contributed by atoms with Gasteiger partial charge in [-0.3, -0.25) is 0 Å². The van der Waals surface area contributed by atoms with E-state index in [9.17, 15) is 13.2 Å². The molecular weight excluding hydrogens is 253 g/mol. The first kappa shape index (κ1) is 12.0. The lowest BCUT2D eigenvalue weighted by molar-refractivity contribution is -0.151. The maximum Gasteiger partial charge on any atom is 0.411 e. The Morgan fingerprint density at radius 1 is 1.35 bits per heavy atom. The van der Waals surface area contributed by atoms with E-state index >= 15 is 0 Å². The zero-order valence-corrected chi connectivity index (χ0v) is 9.40. The van der Waals surface area contributed by atoms with Gasteiger partial charge in [0.15, 0.2) is 5.82 Å². The fourth-order valence-electron chi connectivity index (χ4n) is 1.44. The van der Waals surface area contributed by atoms with Crippen LogP contribution in [-0.4, -0.2) is 26.7 Å². The van der Waals surface area contributed by atoms with Crippen molar-refractivity contribution < 1.29 is 13.2 Å². The summed E-state index contributed by atoms with van der Waals surface area (Å²) in [6.07, 6.45) is -1.67. The lowest BCUT2D eigenvalue weighted by Crippen LogP contribution is -2.39. The third kappa shape index (κ3) is 2.17. The van der Waals surface area contributed by atoms with Gasteiger partial charge in [-0.1, -0.05) is 12.2 Å². The summed E-state index contributed by atoms with van der Waals surface area (Å²) in [6, 6.07) is 0. The van der Waals surface area contributed by atoms with Crippen molar-refractivity contribution in [2.45, 2.75) is 24.6 Å². The van der Waals surface area contributed by atoms with Crippen LogP contribution in [0.2, 0.25) is 0 Å². The molecule has 1 saturated carbocycles. The van der Waals surface area contributed by atoms with Gasteiger partial charge in [-0.25, -0.2) is 9.97 Å². The van der Waals surface area contributed by atoms with Gasteiger partial charge in [0, 0.05) is 12.4 Å². The molecule has 1 aromatic rings. The summed E-state index contributed by atoms with van der Waals surface area (Å²) in [7, 11) is 0. The number of thiocarbonyl (C=S) groups is 1. The molecule has 1 fully saturated rings. The van der Waals surface area contributed by atoms with Crippen LogP contribution < -0.4 is 11.1 Å². The largest absolute Gasteiger partial charge is 0.411 e. The minimum Gasteiger partial charge on any atom is -0.388 e. The predicted octanol–water partition coefficient (Wildman–Crippen LogP) is 1.62. The second-order valence-electron chi connectivity index (χ2n) is 3.82. The molecule has 17 heavy (non-hydrogen) atoms. The predicted molar refractivity (Wildman–Crippen MR) is 59.6 cm³/mol. The summed E-state index contributed by atoms with van der Waals surface area (Å²) in [5.74, 6) is -0.0187. The van der Waals surface area contributed by atoms with Gasteiger partial charge in [0.2, 0.25) is 0 Å². The van der Waals surface area contributed by atoms with Crippen molar-refractivity contribution in [3.05, 3.63) is 18.1 Å². The summed E-state index contributed by atoms with van der Waals surface area (Å²) in [5.41, 5.74) is 3.55. The fourth-order valence-corrected chi connectivity index (χ4v) is 1.59. The summed E-state index contributed by atoms with van der Waals surface area (Å²) < 4.78 is 38.2. The lowest BCUT2D eigenvalue weighted by atomic mass is 10.2. The molecule has 0 radical (unpaired) electrons. The zero-order chi connectivity index (χ0) is 12.7. The first-order chi connectivity index (χ1) is 7.86. The molecule has 0 unspecified atom stereocenters. The maximum absolute atomic E-state index is 12.7. The Morgan fingerprint density at radius 2 is 1.94 bits per heavy atom. The summed E-state index contributed by atoms with van der Waals surface area (Å²) in [5, 5.41) is 2.35. The van der Waals surface area contributed by atoms with E-state index in [0.717, 1.165) is 0 Å². The highest BCUT2D eigenvalue weighted by atomic mass is 32.1. The average Bonchev–Trinajstić information content (AvgIpc) is 2.98. The van der Waals surface area contributed by atoms with Crippen LogP contribution in [0.5, 0.6) is 0 Å². The van der Waals surface area contributed by atoms with E-state index in [4.69, 9.17) is 18.0 Å². The Morgan fingerprint density at radius 3 is 2.41 bits per heavy atom. The number of hydrogen-bond acceptors (Lipinski definition) is 4. The number of aromatic nitrogens is 2. The third-order valence-electron chi connectivity index (χ3n) is 2.58. The van der Waals surface area contributed by atoms with Crippen LogP contribution in [0.15, 0.2) is 12.4 Å². The normalized spacial score (nSPS) is 17.6. The molecule has 0 aromatic carbocycles. The van der Waals surface area contributed by atoms with Gasteiger partial charge in [0.25, 0.3) is 0 Å². The average molecular weight is 262 g/mol. The fraction of sp³-hybridized carbons (Fsp3) is 0.444. The van der Waals surface area contributed by atoms with Gasteiger partial charge in [-0.05, 0) is 12.8 Å². The molecule has 1 aliphatic rings. The molecule has 0 bridgehead atoms. The Balaban J connectivity index is 2.29. The molecule has 92 valence electrons. The van der Waals surface area contributed by atoms with E-state index in [1.165, 1.54) is 12.4 Å². The highest BCUT2D eigenvalue weighted by molar-refractivity contribution is 7.80. The Labute approximate surface area is 100 Å². The van der Waals surface area contributed by atoms with E-state index in [0.29, 0.717) is 0 Å². The highest BCUT2D eigenvalue weighted by Crippen LogP contribution is 2.51. The molecule has 1 aromatic heterocycles. The van der Waals surface area contributed by atoms with Crippen LogP contribution in [-0.2, 0) is 0 Å². The van der Waals surface area contributed by atoms with E-state index < -0.39 is 11.7 Å². The van der Waals surface area contributed by atoms with E-state index in [1.807, 2.05) is 0 Å². The summed E-state index contributed by atoms with van der Waals surface area (Å²) in [4.78, 5) is 7.53. The third-order valence-corrected chi connectivity index (χ3v) is 2.78. The van der Waals surface area contributed by atoms with E-state index in [2.05, 4.69) is 15.3 Å². The second-order valence-corrected chi connectivity index (χ2v) is 4.26. The monoisotopic (exact) mass is 262 g/mol. The second kappa shape index (κ2) is 3.80. The molecule has 0 spiro atoms. The lowest BCUT2D eigenvalue weighted by Gasteiger charge is -2.22. The smallest absolute Gasteiger partial charge is 0.388 e. The first-order valence-electron chi connectivity index (χ1n) is 4.81. The molecular formula is C9H9F3N4S. The molecule has 8 heteroatoms. The van der Waals surface area contributed by atoms with Gasteiger partial charge < -0.3 is 11.1 Å². The Hall–Kier alpha value is -1.44. The van der Waals surface area contributed by atoms with E-state index in [-0.39, 0.29) is 29.3 Å². The Bertz CT molecular complexity index is 456. The first-order valence-corrected chi connectivity index (χ1v) is 5.22. The van der Waals surface area contributed by atoms with Crippen molar-refractivity contribution in [3.63, 3.8) is 0 Å². The molecule has 0 saturated heterocycles. The van der Waals surface area contributed by atoms with Gasteiger partial charge in [-0.15, -0.1) is 0 Å². The standard InChI is InChI=1S/C9H9F3N4S/c10-9(11,12)8(1-2-8)16-7-5(6(13)17)14-3-4-15-7/h3-4H,1-2H2,(H2,13,17)(H,15,16). The van der Waals surface area contributed by atoms with Crippen molar-refractivity contribution in [1.29, 1.82) is 0 Å². The number of nitrogens with one attached hydrogen (secondary N) is 1. The molecule has 0 amide bonds. The quantitative estimate of drug-likeness (QED) is 0.810. The number of anilines is 1. The minimum absolute atomic E-state index is 0.0177. The topological polar surface area (TPSA) is 63.8 Å². The molecule has 4 nitrogen and oxygen atoms in total. The van der Waals surface area contributed by atoms with Crippen LogP contribution >= 0.6 is 12.2 Å². The van der Waals surface area contributed by atoms with Crippen LogP contribution in [0, 0.1) is 0 Å². The van der Waals surface area contributed by atoms with Crippen LogP contribution in [0.25, 0.3) is 0 Å². The zero-order valence-electron chi connectivity index (χ0n) is 8.58. The number of alkyl halides is 3. The Kier molecular flexibility index (Phi) is 2.69. The number of halogens is 3. The van der Waals surface area contributed by atoms with Gasteiger partial charge >= 0.3 is 6.18 Å². The maximum atomic E-state index is 12.7. The molecule has 0 atom stereocenters. The van der Waals surface area contributed by atoms with Gasteiger partial charge in [-0.2, -0.15) is 13.2 Å². The highest BCUT2D eigenvalue weighted by Gasteiger charge is 2.64. The summed E-state index contributed by atoms with van der Waals surface area (Å²) >= 11 is 4.71. The molecule has 1 heterocycles. The van der Waals surface area contributed by atoms with Crippen molar-refractivity contribution >= 4 is 23.0 Å². The van der Waals surface area contributed by atoms with Crippen molar-refractivity contribution in [2.24, 2.45) is 5.73 Å². The molecule has 3 N–H and O–H groups in total. The molecule has 0 aliphatic heterocycles. The van der Waals surface area contributed by atoms with Gasteiger partial charge in [0.1, 0.15) is 16.2 Å². The van der Waals surface area contributed by atoms with Crippen LogP contribution in [0.3, 0.4) is 0 Å². The van der Waals surface area contributed by atoms with Crippen LogP contribution in [0.1, 0.15) is 18.5 Å². The van der Waals surface area contributed by atoms with Crippen molar-refractivity contribution in [1.82, 2.24) is 9.97 Å². The number of hydrogen-bond donors (Lipinski definition) is 2. The van der Waals surface area contributed by atoms with E-state index in [1.54, 1.807) is 0 Å². The van der Waals surface area contributed by atoms with Crippen molar-refractivity contribution in [2.75, 3.05) is 5.32 Å². The molecule has 1 aliphatic carbocycles. The number of nitrogens with zero attached hydrogens (tertiary/aromatic N) is 2. The minimum atomic E-state index is -4.32. The SMILES string of the molecule is NC(=S)c1nccnc1NC1(C(F)(F)F)CC1. The molecule has 2 rings (SSSR count). The summed E-state index contributed by atoms with van der Waals surface area (Å²) in [6.45, 7) is 0. The van der Waals surface area contributed by atoms with Gasteiger partial charge in [0.05, 0.1) is 0 Å². The van der Waals surface area contributed by atoms with Crippen LogP contribution in [0.4, 0.5) is 19.0 Å².